The lowest BCUT2D eigenvalue weighted by atomic mass is 10.2. The number of piperazine rings is 1. The first kappa shape index (κ1) is 19.0. The molecule has 3 rings (SSSR count). The van der Waals surface area contributed by atoms with Gasteiger partial charge in [-0.15, -0.1) is 0 Å². The summed E-state index contributed by atoms with van der Waals surface area (Å²) >= 11 is 0. The minimum Gasteiger partial charge on any atom is -0.367 e. The molecular weight excluding hydrogens is 375 g/mol. The van der Waals surface area contributed by atoms with Crippen LogP contribution in [0.1, 0.15) is 5.69 Å². The maximum absolute atomic E-state index is 12.8. The zero-order valence-corrected chi connectivity index (χ0v) is 13.9. The number of hydrogen-bond acceptors (Lipinski definition) is 6. The molecule has 0 unspecified atom stereocenters. The van der Waals surface area contributed by atoms with Gasteiger partial charge in [0.2, 0.25) is 0 Å². The normalized spacial score (nSPS) is 15.5. The molecule has 1 saturated heterocycles. The maximum Gasteiger partial charge on any atom is 0.433 e. The molecule has 2 aromatic rings. The third kappa shape index (κ3) is 4.49. The zero-order valence-electron chi connectivity index (χ0n) is 13.9. The Morgan fingerprint density at radius 2 is 1.70 bits per heavy atom. The molecule has 0 spiro atoms. The van der Waals surface area contributed by atoms with Gasteiger partial charge in [-0.05, 0) is 0 Å². The largest absolute Gasteiger partial charge is 0.433 e. The standard InChI is InChI=1S/C15H15F5N6O/c16-12(17)8-26-14(27)5-10(7-23-26)24-1-3-25(4-2-24)13-6-11(15(18,19)20)21-9-22-13/h5-7,9,12H,1-4,8H2. The number of alkyl halides is 5. The molecule has 1 aliphatic rings. The molecule has 12 heteroatoms. The van der Waals surface area contributed by atoms with Crippen molar-refractivity contribution in [3.05, 3.63) is 40.7 Å². The van der Waals surface area contributed by atoms with E-state index in [1.807, 2.05) is 4.90 Å². The zero-order chi connectivity index (χ0) is 19.6. The number of halogens is 5. The summed E-state index contributed by atoms with van der Waals surface area (Å²) in [6.07, 6.45) is -5.03. The average molecular weight is 390 g/mol. The van der Waals surface area contributed by atoms with Crippen molar-refractivity contribution in [1.29, 1.82) is 0 Å². The highest BCUT2D eigenvalue weighted by Gasteiger charge is 2.33. The van der Waals surface area contributed by atoms with Crippen LogP contribution >= 0.6 is 0 Å². The van der Waals surface area contributed by atoms with Crippen LogP contribution in [0.25, 0.3) is 0 Å². The molecule has 146 valence electrons. The second-order valence-corrected chi connectivity index (χ2v) is 5.86. The van der Waals surface area contributed by atoms with Crippen LogP contribution in [0.3, 0.4) is 0 Å². The lowest BCUT2D eigenvalue weighted by molar-refractivity contribution is -0.141. The van der Waals surface area contributed by atoms with Crippen molar-refractivity contribution in [3.8, 4) is 0 Å². The Hall–Kier alpha value is -2.79. The monoisotopic (exact) mass is 390 g/mol. The van der Waals surface area contributed by atoms with Crippen LogP contribution in [0.4, 0.5) is 33.5 Å². The summed E-state index contributed by atoms with van der Waals surface area (Å²) in [5, 5.41) is 3.73. The highest BCUT2D eigenvalue weighted by Crippen LogP contribution is 2.29. The van der Waals surface area contributed by atoms with Crippen molar-refractivity contribution in [2.24, 2.45) is 0 Å². The van der Waals surface area contributed by atoms with Gasteiger partial charge in [0.1, 0.15) is 24.4 Å². The minimum atomic E-state index is -4.55. The molecule has 0 N–H and O–H groups in total. The fourth-order valence-electron chi connectivity index (χ4n) is 2.73. The first-order valence-electron chi connectivity index (χ1n) is 7.98. The molecule has 0 radical (unpaired) electrons. The molecule has 2 aromatic heterocycles. The molecule has 0 amide bonds. The second-order valence-electron chi connectivity index (χ2n) is 5.86. The van der Waals surface area contributed by atoms with Crippen LogP contribution in [-0.4, -0.2) is 52.4 Å². The van der Waals surface area contributed by atoms with Gasteiger partial charge in [0, 0.05) is 38.3 Å². The molecule has 0 aliphatic carbocycles. The quantitative estimate of drug-likeness (QED) is 0.740. The molecule has 1 aliphatic heterocycles. The SMILES string of the molecule is O=c1cc(N2CCN(c3cc(C(F)(F)F)ncn3)CC2)cnn1CC(F)F. The van der Waals surface area contributed by atoms with E-state index in [0.29, 0.717) is 36.5 Å². The van der Waals surface area contributed by atoms with E-state index in [1.54, 1.807) is 4.90 Å². The predicted octanol–water partition coefficient (Wildman–Crippen LogP) is 1.64. The predicted molar refractivity (Wildman–Crippen MR) is 86.0 cm³/mol. The molecule has 1 fully saturated rings. The van der Waals surface area contributed by atoms with E-state index in [4.69, 9.17) is 0 Å². The Balaban J connectivity index is 1.67. The molecule has 3 heterocycles. The van der Waals surface area contributed by atoms with E-state index in [1.165, 1.54) is 12.3 Å². The van der Waals surface area contributed by atoms with Crippen LogP contribution in [0.15, 0.2) is 29.5 Å². The Kier molecular flexibility index (Phi) is 5.24. The van der Waals surface area contributed by atoms with E-state index in [-0.39, 0.29) is 5.82 Å². The van der Waals surface area contributed by atoms with Crippen molar-refractivity contribution in [2.45, 2.75) is 19.1 Å². The fourth-order valence-corrected chi connectivity index (χ4v) is 2.73. The summed E-state index contributed by atoms with van der Waals surface area (Å²) < 4.78 is 63.7. The number of hydrogen-bond donors (Lipinski definition) is 0. The number of nitrogens with zero attached hydrogens (tertiary/aromatic N) is 6. The molecule has 7 nitrogen and oxygen atoms in total. The van der Waals surface area contributed by atoms with Gasteiger partial charge in [0.25, 0.3) is 12.0 Å². The lowest BCUT2D eigenvalue weighted by Gasteiger charge is -2.36. The molecular formula is C15H15F5N6O. The topological polar surface area (TPSA) is 67.2 Å². The van der Waals surface area contributed by atoms with Crippen molar-refractivity contribution in [1.82, 2.24) is 19.7 Å². The molecule has 27 heavy (non-hydrogen) atoms. The van der Waals surface area contributed by atoms with Gasteiger partial charge in [0.05, 0.1) is 11.9 Å². The maximum atomic E-state index is 12.8. The van der Waals surface area contributed by atoms with Crippen LogP contribution in [0.2, 0.25) is 0 Å². The highest BCUT2D eigenvalue weighted by atomic mass is 19.4. The van der Waals surface area contributed by atoms with E-state index < -0.39 is 30.4 Å². The van der Waals surface area contributed by atoms with Gasteiger partial charge < -0.3 is 9.80 Å². The van der Waals surface area contributed by atoms with Gasteiger partial charge in [-0.2, -0.15) is 18.3 Å². The summed E-state index contributed by atoms with van der Waals surface area (Å²) in [6.45, 7) is 0.779. The highest BCUT2D eigenvalue weighted by molar-refractivity contribution is 5.47. The molecule has 0 aromatic carbocycles. The molecule has 0 bridgehead atoms. The van der Waals surface area contributed by atoms with E-state index in [9.17, 15) is 26.7 Å². The van der Waals surface area contributed by atoms with Crippen molar-refractivity contribution in [2.75, 3.05) is 36.0 Å². The van der Waals surface area contributed by atoms with Crippen molar-refractivity contribution < 1.29 is 22.0 Å². The van der Waals surface area contributed by atoms with Gasteiger partial charge in [-0.25, -0.2) is 23.4 Å². The van der Waals surface area contributed by atoms with Gasteiger partial charge >= 0.3 is 6.18 Å². The Morgan fingerprint density at radius 1 is 1.04 bits per heavy atom. The Morgan fingerprint density at radius 3 is 2.30 bits per heavy atom. The van der Waals surface area contributed by atoms with Crippen LogP contribution in [0, 0.1) is 0 Å². The van der Waals surface area contributed by atoms with E-state index in [2.05, 4.69) is 15.1 Å². The Bertz CT molecular complexity index is 847. The Labute approximate surface area is 150 Å². The van der Waals surface area contributed by atoms with Gasteiger partial charge in [-0.3, -0.25) is 4.79 Å². The van der Waals surface area contributed by atoms with Gasteiger partial charge in [0.15, 0.2) is 0 Å². The first-order chi connectivity index (χ1) is 12.7. The third-order valence-corrected chi connectivity index (χ3v) is 4.08. The molecule has 0 saturated carbocycles. The fraction of sp³-hybridized carbons (Fsp3) is 0.467. The van der Waals surface area contributed by atoms with Crippen molar-refractivity contribution in [3.63, 3.8) is 0 Å². The average Bonchev–Trinajstić information content (AvgIpc) is 2.63. The second kappa shape index (κ2) is 7.45. The smallest absolute Gasteiger partial charge is 0.367 e. The van der Waals surface area contributed by atoms with E-state index >= 15 is 0 Å². The number of aromatic nitrogens is 4. The molecule has 0 atom stereocenters. The number of rotatable bonds is 4. The summed E-state index contributed by atoms with van der Waals surface area (Å²) in [5.74, 6) is 0.169. The van der Waals surface area contributed by atoms with E-state index in [0.717, 1.165) is 12.4 Å². The minimum absolute atomic E-state index is 0.169. The van der Waals surface area contributed by atoms with Crippen LogP contribution in [-0.2, 0) is 12.7 Å². The summed E-state index contributed by atoms with van der Waals surface area (Å²) in [6, 6.07) is 2.11. The number of anilines is 2. The summed E-state index contributed by atoms with van der Waals surface area (Å²) in [4.78, 5) is 22.5. The third-order valence-electron chi connectivity index (χ3n) is 4.08. The van der Waals surface area contributed by atoms with Crippen LogP contribution < -0.4 is 15.4 Å². The van der Waals surface area contributed by atoms with Gasteiger partial charge in [-0.1, -0.05) is 0 Å². The van der Waals surface area contributed by atoms with Crippen LogP contribution in [0.5, 0.6) is 0 Å². The van der Waals surface area contributed by atoms with Crippen molar-refractivity contribution >= 4 is 11.5 Å². The first-order valence-corrected chi connectivity index (χ1v) is 7.98. The summed E-state index contributed by atoms with van der Waals surface area (Å²) in [5.41, 5.74) is -1.17. The summed E-state index contributed by atoms with van der Waals surface area (Å²) in [7, 11) is 0. The lowest BCUT2D eigenvalue weighted by Crippen LogP contribution is -2.47.